The van der Waals surface area contributed by atoms with Gasteiger partial charge in [-0.25, -0.2) is 0 Å². The van der Waals surface area contributed by atoms with Gasteiger partial charge in [-0.15, -0.1) is 0 Å². The van der Waals surface area contributed by atoms with Crippen LogP contribution in [0.25, 0.3) is 0 Å². The molecule has 1 aromatic carbocycles. The molecule has 1 aliphatic heterocycles. The molecule has 0 saturated heterocycles. The van der Waals surface area contributed by atoms with Crippen molar-refractivity contribution >= 4 is 7.12 Å². The van der Waals surface area contributed by atoms with Gasteiger partial charge in [0.15, 0.2) is 5.75 Å². The van der Waals surface area contributed by atoms with Crippen LogP contribution in [0, 0.1) is 0 Å². The molecule has 13 heavy (non-hydrogen) atoms. The second-order valence-electron chi connectivity index (χ2n) is 2.93. The average Bonchev–Trinajstić information content (AvgIpc) is 2.17. The third-order valence-electron chi connectivity index (χ3n) is 2.07. The zero-order chi connectivity index (χ0) is 9.26. The van der Waals surface area contributed by atoms with Crippen molar-refractivity contribution in [2.75, 3.05) is 6.61 Å². The molecule has 1 unspecified atom stereocenters. The van der Waals surface area contributed by atoms with Crippen molar-refractivity contribution in [3.8, 4) is 5.75 Å². The highest BCUT2D eigenvalue weighted by Gasteiger charge is 2.31. The molecule has 2 rings (SSSR count). The van der Waals surface area contributed by atoms with Gasteiger partial charge in [-0.2, -0.15) is 4.89 Å². The highest BCUT2D eigenvalue weighted by molar-refractivity contribution is 6.43. The van der Waals surface area contributed by atoms with Crippen LogP contribution in [0.4, 0.5) is 0 Å². The maximum absolute atomic E-state index is 9.04. The fraction of sp³-hybridized carbons (Fsp3) is 0.250. The Hall–Kier alpha value is -1.04. The van der Waals surface area contributed by atoms with Crippen molar-refractivity contribution in [1.29, 1.82) is 0 Å². The van der Waals surface area contributed by atoms with Gasteiger partial charge < -0.3 is 14.9 Å². The SMILES string of the molecule is OB(O)C1COOc2ccccc21. The van der Waals surface area contributed by atoms with Crippen molar-refractivity contribution in [3.05, 3.63) is 29.8 Å². The molecule has 2 N–H and O–H groups in total. The van der Waals surface area contributed by atoms with Crippen LogP contribution < -0.4 is 4.89 Å². The molecule has 0 saturated carbocycles. The van der Waals surface area contributed by atoms with Gasteiger partial charge in [-0.1, -0.05) is 18.2 Å². The monoisotopic (exact) mass is 180 g/mol. The second-order valence-corrected chi connectivity index (χ2v) is 2.93. The van der Waals surface area contributed by atoms with Gasteiger partial charge >= 0.3 is 7.12 Å². The molecule has 1 aliphatic rings. The third-order valence-corrected chi connectivity index (χ3v) is 2.07. The maximum Gasteiger partial charge on any atom is 0.462 e. The number of hydrogen-bond donors (Lipinski definition) is 2. The van der Waals surface area contributed by atoms with Gasteiger partial charge in [0.2, 0.25) is 0 Å². The zero-order valence-corrected chi connectivity index (χ0v) is 6.88. The summed E-state index contributed by atoms with van der Waals surface area (Å²) in [6.45, 7) is 0.161. The fourth-order valence-electron chi connectivity index (χ4n) is 1.37. The van der Waals surface area contributed by atoms with Crippen molar-refractivity contribution in [1.82, 2.24) is 0 Å². The second kappa shape index (κ2) is 3.37. The van der Waals surface area contributed by atoms with Gasteiger partial charge in [0.1, 0.15) is 0 Å². The quantitative estimate of drug-likeness (QED) is 0.475. The van der Waals surface area contributed by atoms with Crippen LogP contribution in [-0.2, 0) is 4.89 Å². The minimum absolute atomic E-state index is 0.161. The molecule has 0 spiro atoms. The molecule has 1 heterocycles. The molecule has 0 amide bonds. The molecular formula is C8H9BO4. The van der Waals surface area contributed by atoms with E-state index in [0.29, 0.717) is 5.75 Å². The predicted octanol–water partition coefficient (Wildman–Crippen LogP) is 0.106. The summed E-state index contributed by atoms with van der Waals surface area (Å²) in [5, 5.41) is 18.1. The van der Waals surface area contributed by atoms with E-state index in [1.54, 1.807) is 18.2 Å². The van der Waals surface area contributed by atoms with Gasteiger partial charge in [-0.3, -0.25) is 0 Å². The molecule has 0 radical (unpaired) electrons. The molecular weight excluding hydrogens is 171 g/mol. The highest BCUT2D eigenvalue weighted by Crippen LogP contribution is 2.31. The first kappa shape index (κ1) is 8.56. The fourth-order valence-corrected chi connectivity index (χ4v) is 1.37. The number of rotatable bonds is 1. The molecule has 0 fully saturated rings. The van der Waals surface area contributed by atoms with E-state index in [4.69, 9.17) is 19.8 Å². The van der Waals surface area contributed by atoms with Gasteiger partial charge in [0.25, 0.3) is 0 Å². The number of benzene rings is 1. The lowest BCUT2D eigenvalue weighted by atomic mass is 9.69. The Morgan fingerprint density at radius 2 is 2.08 bits per heavy atom. The van der Waals surface area contributed by atoms with E-state index in [0.717, 1.165) is 5.56 Å². The molecule has 1 atom stereocenters. The smallest absolute Gasteiger partial charge is 0.427 e. The van der Waals surface area contributed by atoms with Crippen molar-refractivity contribution in [2.45, 2.75) is 5.82 Å². The predicted molar refractivity (Wildman–Crippen MR) is 46.0 cm³/mol. The first-order chi connectivity index (χ1) is 6.29. The standard InChI is InChI=1S/C8H9BO4/c10-9(11)7-5-12-13-8-4-2-1-3-6(7)8/h1-4,7,10-11H,5H2. The first-order valence-corrected chi connectivity index (χ1v) is 4.03. The largest absolute Gasteiger partial charge is 0.462 e. The maximum atomic E-state index is 9.04. The summed E-state index contributed by atoms with van der Waals surface area (Å²) in [5.74, 6) is 0.122. The van der Waals surface area contributed by atoms with Crippen molar-refractivity contribution in [3.63, 3.8) is 0 Å². The molecule has 0 aromatic heterocycles. The topological polar surface area (TPSA) is 58.9 Å². The molecule has 5 heteroatoms. The molecule has 0 aliphatic carbocycles. The summed E-state index contributed by atoms with van der Waals surface area (Å²) in [7, 11) is -1.41. The Morgan fingerprint density at radius 1 is 1.31 bits per heavy atom. The van der Waals surface area contributed by atoms with E-state index in [1.165, 1.54) is 0 Å². The Labute approximate surface area is 75.8 Å². The minimum atomic E-state index is -1.41. The number of fused-ring (bicyclic) bond motifs is 1. The summed E-state index contributed by atoms with van der Waals surface area (Å²) in [6.07, 6.45) is 0. The van der Waals surface area contributed by atoms with Gasteiger partial charge in [0.05, 0.1) is 12.4 Å². The summed E-state index contributed by atoms with van der Waals surface area (Å²) >= 11 is 0. The lowest BCUT2D eigenvalue weighted by Gasteiger charge is -2.23. The van der Waals surface area contributed by atoms with Crippen molar-refractivity contribution in [2.24, 2.45) is 0 Å². The molecule has 0 bridgehead atoms. The van der Waals surface area contributed by atoms with E-state index in [9.17, 15) is 0 Å². The van der Waals surface area contributed by atoms with Crippen LogP contribution in [0.1, 0.15) is 11.4 Å². The van der Waals surface area contributed by atoms with Crippen LogP contribution in [0.5, 0.6) is 5.75 Å². The van der Waals surface area contributed by atoms with Crippen molar-refractivity contribution < 1.29 is 19.8 Å². The van der Waals surface area contributed by atoms with E-state index in [1.807, 2.05) is 6.07 Å². The normalized spacial score (nSPS) is 20.3. The van der Waals surface area contributed by atoms with Gasteiger partial charge in [0, 0.05) is 5.56 Å². The van der Waals surface area contributed by atoms with E-state index < -0.39 is 12.9 Å². The lowest BCUT2D eigenvalue weighted by molar-refractivity contribution is -0.217. The third kappa shape index (κ3) is 1.53. The zero-order valence-electron chi connectivity index (χ0n) is 6.88. The van der Waals surface area contributed by atoms with Crippen LogP contribution in [0.15, 0.2) is 24.3 Å². The first-order valence-electron chi connectivity index (χ1n) is 4.03. The number of para-hydroxylation sites is 1. The molecule has 68 valence electrons. The van der Waals surface area contributed by atoms with Crippen LogP contribution in [-0.4, -0.2) is 23.8 Å². The molecule has 4 nitrogen and oxygen atoms in total. The van der Waals surface area contributed by atoms with E-state index in [-0.39, 0.29) is 6.61 Å². The average molecular weight is 180 g/mol. The van der Waals surface area contributed by atoms with Crippen LogP contribution in [0.2, 0.25) is 0 Å². The summed E-state index contributed by atoms with van der Waals surface area (Å²) in [4.78, 5) is 9.63. The van der Waals surface area contributed by atoms with E-state index >= 15 is 0 Å². The van der Waals surface area contributed by atoms with E-state index in [2.05, 4.69) is 0 Å². The Balaban J connectivity index is 2.37. The Bertz CT molecular complexity index is 302. The summed E-state index contributed by atoms with van der Waals surface area (Å²) < 4.78 is 0. The van der Waals surface area contributed by atoms with Crippen LogP contribution in [0.3, 0.4) is 0 Å². The molecule has 1 aromatic rings. The number of hydrogen-bond acceptors (Lipinski definition) is 4. The summed E-state index contributed by atoms with van der Waals surface area (Å²) in [6, 6.07) is 7.14. The summed E-state index contributed by atoms with van der Waals surface area (Å²) in [5.41, 5.74) is 0.767. The Kier molecular flexibility index (Phi) is 2.22. The minimum Gasteiger partial charge on any atom is -0.427 e. The van der Waals surface area contributed by atoms with Gasteiger partial charge in [-0.05, 0) is 6.07 Å². The lowest BCUT2D eigenvalue weighted by Crippen LogP contribution is -2.31. The Morgan fingerprint density at radius 3 is 2.85 bits per heavy atom. The van der Waals surface area contributed by atoms with Crippen LogP contribution >= 0.6 is 0 Å². The highest BCUT2D eigenvalue weighted by atomic mass is 17.2.